The minimum absolute atomic E-state index is 0.249. The predicted molar refractivity (Wildman–Crippen MR) is 111 cm³/mol. The first kappa shape index (κ1) is 19.2. The molecule has 1 N–H and O–H groups in total. The second kappa shape index (κ2) is 8.48. The summed E-state index contributed by atoms with van der Waals surface area (Å²) in [5, 5.41) is 7.42. The second-order valence-electron chi connectivity index (χ2n) is 6.66. The highest BCUT2D eigenvalue weighted by Gasteiger charge is 2.16. The van der Waals surface area contributed by atoms with Gasteiger partial charge < -0.3 is 14.5 Å². The van der Waals surface area contributed by atoms with Crippen molar-refractivity contribution >= 4 is 17.7 Å². The first-order valence-corrected chi connectivity index (χ1v) is 9.32. The molecule has 0 radical (unpaired) electrons. The number of carbonyl (C=O) groups excluding carboxylic acids is 2. The van der Waals surface area contributed by atoms with Crippen molar-refractivity contribution in [2.75, 3.05) is 11.9 Å². The fourth-order valence-electron chi connectivity index (χ4n) is 2.88. The van der Waals surface area contributed by atoms with Gasteiger partial charge in [-0.2, -0.15) is 5.10 Å². The molecule has 2 aromatic carbocycles. The van der Waals surface area contributed by atoms with Gasteiger partial charge in [-0.1, -0.05) is 48.0 Å². The summed E-state index contributed by atoms with van der Waals surface area (Å²) in [6.45, 7) is 1.59. The van der Waals surface area contributed by atoms with Crippen LogP contribution in [0.1, 0.15) is 15.9 Å². The van der Waals surface area contributed by atoms with Gasteiger partial charge in [-0.15, -0.1) is 0 Å². The van der Waals surface area contributed by atoms with Gasteiger partial charge in [0, 0.05) is 11.6 Å². The predicted octanol–water partition coefficient (Wildman–Crippen LogP) is 4.24. The first-order chi connectivity index (χ1) is 14.6. The van der Waals surface area contributed by atoms with E-state index in [9.17, 15) is 9.59 Å². The van der Waals surface area contributed by atoms with Crippen molar-refractivity contribution in [3.8, 4) is 16.9 Å². The maximum Gasteiger partial charge on any atom is 0.341 e. The average molecular weight is 401 g/mol. The molecule has 0 spiro atoms. The standard InChI is InChI=1S/C23H19N3O4/c1-16-7-9-17(10-8-16)20-13-21(26(25-20)19-5-3-2-4-6-19)24-22(27)15-30-23(28)18-11-12-29-14-18/h2-14H,15H2,1H3,(H,24,27). The van der Waals surface area contributed by atoms with Gasteiger partial charge in [0.2, 0.25) is 0 Å². The summed E-state index contributed by atoms with van der Waals surface area (Å²) in [6, 6.07) is 20.7. The zero-order chi connectivity index (χ0) is 20.9. The molecule has 0 aliphatic rings. The van der Waals surface area contributed by atoms with E-state index in [2.05, 4.69) is 10.4 Å². The lowest BCUT2D eigenvalue weighted by molar-refractivity contribution is -0.119. The van der Waals surface area contributed by atoms with Gasteiger partial charge in [0.15, 0.2) is 6.61 Å². The minimum Gasteiger partial charge on any atom is -0.472 e. The molecule has 0 unspecified atom stereocenters. The van der Waals surface area contributed by atoms with Crippen LogP contribution in [0.3, 0.4) is 0 Å². The summed E-state index contributed by atoms with van der Waals surface area (Å²) >= 11 is 0. The van der Waals surface area contributed by atoms with Gasteiger partial charge in [0.25, 0.3) is 5.91 Å². The van der Waals surface area contributed by atoms with Crippen LogP contribution < -0.4 is 5.32 Å². The van der Waals surface area contributed by atoms with Crippen molar-refractivity contribution < 1.29 is 18.7 Å². The quantitative estimate of drug-likeness (QED) is 0.489. The number of furan rings is 1. The van der Waals surface area contributed by atoms with Crippen LogP contribution in [0.5, 0.6) is 0 Å². The Balaban J connectivity index is 1.55. The largest absolute Gasteiger partial charge is 0.472 e. The molecule has 0 saturated heterocycles. The number of anilines is 1. The number of para-hydroxylation sites is 1. The van der Waals surface area contributed by atoms with Crippen LogP contribution in [0.2, 0.25) is 0 Å². The van der Waals surface area contributed by atoms with Gasteiger partial charge in [-0.05, 0) is 25.1 Å². The molecule has 150 valence electrons. The van der Waals surface area contributed by atoms with Crippen LogP contribution in [-0.4, -0.2) is 28.3 Å². The van der Waals surface area contributed by atoms with Crippen LogP contribution in [0.15, 0.2) is 83.7 Å². The van der Waals surface area contributed by atoms with Crippen molar-refractivity contribution in [3.05, 3.63) is 90.4 Å². The maximum atomic E-state index is 12.4. The zero-order valence-electron chi connectivity index (χ0n) is 16.2. The van der Waals surface area contributed by atoms with Crippen molar-refractivity contribution in [1.29, 1.82) is 0 Å². The SMILES string of the molecule is Cc1ccc(-c2cc(NC(=O)COC(=O)c3ccoc3)n(-c3ccccc3)n2)cc1. The lowest BCUT2D eigenvalue weighted by Gasteiger charge is -2.09. The number of aryl methyl sites for hydroxylation is 1. The van der Waals surface area contributed by atoms with Crippen molar-refractivity contribution in [2.24, 2.45) is 0 Å². The third-order valence-electron chi connectivity index (χ3n) is 4.42. The summed E-state index contributed by atoms with van der Waals surface area (Å²) < 4.78 is 11.5. The van der Waals surface area contributed by atoms with Crippen LogP contribution in [0, 0.1) is 6.92 Å². The molecule has 30 heavy (non-hydrogen) atoms. The third-order valence-corrected chi connectivity index (χ3v) is 4.42. The maximum absolute atomic E-state index is 12.4. The molecule has 4 aromatic rings. The Bertz CT molecular complexity index is 1150. The van der Waals surface area contributed by atoms with E-state index < -0.39 is 18.5 Å². The van der Waals surface area contributed by atoms with Crippen LogP contribution in [0.25, 0.3) is 16.9 Å². The second-order valence-corrected chi connectivity index (χ2v) is 6.66. The molecule has 7 heteroatoms. The Kier molecular flexibility index (Phi) is 5.43. The molecule has 1 amide bonds. The zero-order valence-corrected chi connectivity index (χ0v) is 16.2. The normalized spacial score (nSPS) is 10.6. The summed E-state index contributed by atoms with van der Waals surface area (Å²) in [4.78, 5) is 24.3. The Morgan fingerprint density at radius 3 is 2.53 bits per heavy atom. The van der Waals surface area contributed by atoms with Crippen LogP contribution in [-0.2, 0) is 9.53 Å². The molecule has 0 saturated carbocycles. The fourth-order valence-corrected chi connectivity index (χ4v) is 2.88. The fraction of sp³-hybridized carbons (Fsp3) is 0.0870. The molecule has 0 aliphatic carbocycles. The topological polar surface area (TPSA) is 86.4 Å². The van der Waals surface area contributed by atoms with E-state index in [1.165, 1.54) is 18.6 Å². The highest BCUT2D eigenvalue weighted by atomic mass is 16.5. The molecule has 0 bridgehead atoms. The van der Waals surface area contributed by atoms with E-state index in [1.54, 1.807) is 10.7 Å². The van der Waals surface area contributed by atoms with Gasteiger partial charge in [-0.25, -0.2) is 9.48 Å². The van der Waals surface area contributed by atoms with Crippen molar-refractivity contribution in [2.45, 2.75) is 6.92 Å². The smallest absolute Gasteiger partial charge is 0.341 e. The van der Waals surface area contributed by atoms with Crippen LogP contribution in [0.4, 0.5) is 5.82 Å². The Labute approximate surface area is 172 Å². The lowest BCUT2D eigenvalue weighted by atomic mass is 10.1. The molecule has 4 rings (SSSR count). The number of nitrogens with zero attached hydrogens (tertiary/aromatic N) is 2. The lowest BCUT2D eigenvalue weighted by Crippen LogP contribution is -2.22. The molecule has 7 nitrogen and oxygen atoms in total. The number of carbonyl (C=O) groups is 2. The summed E-state index contributed by atoms with van der Waals surface area (Å²) in [7, 11) is 0. The molecular formula is C23H19N3O4. The first-order valence-electron chi connectivity index (χ1n) is 9.32. The van der Waals surface area contributed by atoms with E-state index in [4.69, 9.17) is 9.15 Å². The monoisotopic (exact) mass is 401 g/mol. The van der Waals surface area contributed by atoms with E-state index in [1.807, 2.05) is 61.5 Å². The van der Waals surface area contributed by atoms with Gasteiger partial charge in [0.05, 0.1) is 23.2 Å². The van der Waals surface area contributed by atoms with E-state index in [0.29, 0.717) is 11.5 Å². The summed E-state index contributed by atoms with van der Waals surface area (Å²) in [5.41, 5.74) is 3.83. The van der Waals surface area contributed by atoms with Gasteiger partial charge in [-0.3, -0.25) is 4.79 Å². The Hall–Kier alpha value is -4.13. The molecule has 0 fully saturated rings. The number of aromatic nitrogens is 2. The number of ether oxygens (including phenoxy) is 1. The number of rotatable bonds is 6. The van der Waals surface area contributed by atoms with E-state index >= 15 is 0 Å². The number of hydrogen-bond donors (Lipinski definition) is 1. The molecule has 0 aliphatic heterocycles. The average Bonchev–Trinajstić information content (AvgIpc) is 3.44. The molecular weight excluding hydrogens is 382 g/mol. The summed E-state index contributed by atoms with van der Waals surface area (Å²) in [5.74, 6) is -0.628. The number of hydrogen-bond acceptors (Lipinski definition) is 5. The molecule has 2 aromatic heterocycles. The number of benzene rings is 2. The van der Waals surface area contributed by atoms with E-state index in [0.717, 1.165) is 16.8 Å². The van der Waals surface area contributed by atoms with Gasteiger partial charge >= 0.3 is 5.97 Å². The number of nitrogens with one attached hydrogen (secondary N) is 1. The van der Waals surface area contributed by atoms with Gasteiger partial charge in [0.1, 0.15) is 12.1 Å². The third kappa shape index (κ3) is 4.30. The van der Waals surface area contributed by atoms with E-state index in [-0.39, 0.29) is 5.56 Å². The molecule has 2 heterocycles. The Morgan fingerprint density at radius 1 is 1.07 bits per heavy atom. The number of amides is 1. The highest BCUT2D eigenvalue weighted by molar-refractivity contribution is 5.95. The molecule has 0 atom stereocenters. The highest BCUT2D eigenvalue weighted by Crippen LogP contribution is 2.25. The number of esters is 1. The Morgan fingerprint density at radius 2 is 1.83 bits per heavy atom. The minimum atomic E-state index is -0.629. The summed E-state index contributed by atoms with van der Waals surface area (Å²) in [6.07, 6.45) is 2.63. The van der Waals surface area contributed by atoms with Crippen LogP contribution >= 0.6 is 0 Å². The van der Waals surface area contributed by atoms with Crippen molar-refractivity contribution in [1.82, 2.24) is 9.78 Å². The van der Waals surface area contributed by atoms with Crippen molar-refractivity contribution in [3.63, 3.8) is 0 Å².